The molecule has 260 valence electrons. The summed E-state index contributed by atoms with van der Waals surface area (Å²) in [6.45, 7) is 23.7. The summed E-state index contributed by atoms with van der Waals surface area (Å²) in [6, 6.07) is 0. The highest BCUT2D eigenvalue weighted by molar-refractivity contribution is 7.98. The molecule has 0 spiro atoms. The molecule has 5 heteroatoms. The zero-order chi connectivity index (χ0) is 32.4. The van der Waals surface area contributed by atoms with Gasteiger partial charge >= 0.3 is 0 Å². The normalized spacial score (nSPS) is 30.6. The molecule has 0 saturated heterocycles. The zero-order valence-electron chi connectivity index (χ0n) is 30.7. The minimum atomic E-state index is 0.353. The van der Waals surface area contributed by atoms with E-state index in [9.17, 15) is 0 Å². The summed E-state index contributed by atoms with van der Waals surface area (Å²) < 4.78 is 23.2. The number of thioether (sulfide) groups is 1. The molecule has 44 heavy (non-hydrogen) atoms. The lowest BCUT2D eigenvalue weighted by atomic mass is 9.46. The standard InChI is InChI=1S/C37H68O4S.C2H6/c1-8-10-34-33-14-13-31-27-32(41-24-23-39-20-19-38-21-22-40-25-26-42-7)15-18-37(31,6)35(33)16-17-36(34,5)28-30(4)12-9-11-29(2)3;1-2/h13,29-30,32-35H,8-12,14-28H2,1-7H3;1-2H3. The van der Waals surface area contributed by atoms with E-state index in [1.807, 2.05) is 13.8 Å². The first-order chi connectivity index (χ1) is 21.2. The average Bonchev–Trinajstić information content (AvgIpc) is 3.00. The molecule has 0 N–H and O–H groups in total. The molecule has 0 radical (unpaired) electrons. The molecule has 3 rings (SSSR count). The molecular formula is C39H74O4S. The molecule has 4 nitrogen and oxygen atoms in total. The highest BCUT2D eigenvalue weighted by atomic mass is 32.2. The van der Waals surface area contributed by atoms with Crippen LogP contribution in [0.4, 0.5) is 0 Å². The SMILES string of the molecule is CC.CCCC1C2CC=C3CC(OCCOCCOCCOCCSC)CCC3(C)C2CCC1(C)CC(C)CCCC(C)C. The third kappa shape index (κ3) is 12.5. The first kappa shape index (κ1) is 40.1. The van der Waals surface area contributed by atoms with Crippen LogP contribution in [0.2, 0.25) is 0 Å². The fourth-order valence-corrected chi connectivity index (χ4v) is 9.31. The maximum absolute atomic E-state index is 6.35. The smallest absolute Gasteiger partial charge is 0.0704 e. The number of hydrogen-bond donors (Lipinski definition) is 0. The Morgan fingerprint density at radius 3 is 2.18 bits per heavy atom. The Labute approximate surface area is 278 Å². The van der Waals surface area contributed by atoms with Crippen molar-refractivity contribution in [1.82, 2.24) is 0 Å². The quantitative estimate of drug-likeness (QED) is 0.0923. The molecule has 0 aliphatic heterocycles. The Balaban J connectivity index is 0.00000330. The van der Waals surface area contributed by atoms with Crippen molar-refractivity contribution in [3.8, 4) is 0 Å². The Bertz CT molecular complexity index is 771. The van der Waals surface area contributed by atoms with Crippen LogP contribution < -0.4 is 0 Å². The Hall–Kier alpha value is -0.0700. The molecule has 7 atom stereocenters. The molecule has 7 unspecified atom stereocenters. The first-order valence-corrected chi connectivity index (χ1v) is 20.2. The van der Waals surface area contributed by atoms with Gasteiger partial charge in [-0.15, -0.1) is 0 Å². The third-order valence-electron chi connectivity index (χ3n) is 11.2. The van der Waals surface area contributed by atoms with E-state index in [2.05, 4.69) is 53.9 Å². The zero-order valence-corrected chi connectivity index (χ0v) is 31.5. The van der Waals surface area contributed by atoms with Gasteiger partial charge in [-0.25, -0.2) is 0 Å². The largest absolute Gasteiger partial charge is 0.378 e. The first-order valence-electron chi connectivity index (χ1n) is 18.8. The van der Waals surface area contributed by atoms with E-state index in [1.54, 1.807) is 17.3 Å². The van der Waals surface area contributed by atoms with E-state index >= 15 is 0 Å². The lowest BCUT2D eigenvalue weighted by Crippen LogP contribution is -2.51. The summed E-state index contributed by atoms with van der Waals surface area (Å²) in [5.74, 6) is 5.34. The Kier molecular flexibility index (Phi) is 19.8. The molecule has 2 saturated carbocycles. The maximum atomic E-state index is 6.35. The van der Waals surface area contributed by atoms with Gasteiger partial charge in [0.15, 0.2) is 0 Å². The second-order valence-electron chi connectivity index (χ2n) is 14.9. The van der Waals surface area contributed by atoms with E-state index in [-0.39, 0.29) is 0 Å². The van der Waals surface area contributed by atoms with Crippen LogP contribution in [0.15, 0.2) is 11.6 Å². The molecule has 0 amide bonds. The van der Waals surface area contributed by atoms with Gasteiger partial charge in [-0.1, -0.05) is 92.7 Å². The van der Waals surface area contributed by atoms with Gasteiger partial charge < -0.3 is 18.9 Å². The lowest BCUT2D eigenvalue weighted by Gasteiger charge is -2.59. The van der Waals surface area contributed by atoms with Crippen molar-refractivity contribution in [3.63, 3.8) is 0 Å². The predicted molar refractivity (Wildman–Crippen MR) is 192 cm³/mol. The monoisotopic (exact) mass is 639 g/mol. The van der Waals surface area contributed by atoms with E-state index < -0.39 is 0 Å². The molecule has 0 aromatic carbocycles. The van der Waals surface area contributed by atoms with Crippen LogP contribution in [-0.4, -0.2) is 64.4 Å². The van der Waals surface area contributed by atoms with Crippen LogP contribution in [0.25, 0.3) is 0 Å². The van der Waals surface area contributed by atoms with Crippen LogP contribution in [0, 0.1) is 40.4 Å². The minimum absolute atomic E-state index is 0.353. The van der Waals surface area contributed by atoms with Crippen LogP contribution in [0.3, 0.4) is 0 Å². The van der Waals surface area contributed by atoms with Crippen LogP contribution in [0.1, 0.15) is 132 Å². The van der Waals surface area contributed by atoms with Gasteiger partial charge in [0, 0.05) is 5.75 Å². The summed E-state index contributed by atoms with van der Waals surface area (Å²) >= 11 is 1.80. The summed E-state index contributed by atoms with van der Waals surface area (Å²) in [7, 11) is 0. The van der Waals surface area contributed by atoms with Crippen molar-refractivity contribution >= 4 is 11.8 Å². The van der Waals surface area contributed by atoms with Gasteiger partial charge in [0.2, 0.25) is 0 Å². The molecule has 3 aliphatic carbocycles. The van der Waals surface area contributed by atoms with Gasteiger partial charge in [-0.2, -0.15) is 11.8 Å². The molecule has 0 aromatic rings. The maximum Gasteiger partial charge on any atom is 0.0704 e. The van der Waals surface area contributed by atoms with Crippen LogP contribution in [-0.2, 0) is 18.9 Å². The second kappa shape index (κ2) is 21.7. The van der Waals surface area contributed by atoms with Crippen molar-refractivity contribution in [2.45, 2.75) is 139 Å². The van der Waals surface area contributed by atoms with Crippen LogP contribution >= 0.6 is 11.8 Å². The van der Waals surface area contributed by atoms with E-state index in [0.29, 0.717) is 56.6 Å². The van der Waals surface area contributed by atoms with Gasteiger partial charge in [-0.05, 0) is 98.0 Å². The van der Waals surface area contributed by atoms with Crippen molar-refractivity contribution in [3.05, 3.63) is 11.6 Å². The Morgan fingerprint density at radius 2 is 1.55 bits per heavy atom. The number of hydrogen-bond acceptors (Lipinski definition) is 5. The topological polar surface area (TPSA) is 36.9 Å². The minimum Gasteiger partial charge on any atom is -0.378 e. The number of ether oxygens (including phenoxy) is 4. The van der Waals surface area contributed by atoms with Gasteiger partial charge in [-0.3, -0.25) is 0 Å². The van der Waals surface area contributed by atoms with Crippen molar-refractivity contribution < 1.29 is 18.9 Å². The fraction of sp³-hybridized carbons (Fsp3) is 0.949. The number of rotatable bonds is 21. The molecule has 0 bridgehead atoms. The fourth-order valence-electron chi connectivity index (χ4n) is 9.02. The van der Waals surface area contributed by atoms with Crippen molar-refractivity contribution in [2.24, 2.45) is 40.4 Å². The lowest BCUT2D eigenvalue weighted by molar-refractivity contribution is -0.0729. The van der Waals surface area contributed by atoms with Crippen LogP contribution in [0.5, 0.6) is 0 Å². The third-order valence-corrected chi connectivity index (χ3v) is 11.8. The Morgan fingerprint density at radius 1 is 0.886 bits per heavy atom. The number of allylic oxidation sites excluding steroid dienone is 1. The van der Waals surface area contributed by atoms with E-state index in [0.717, 1.165) is 48.4 Å². The van der Waals surface area contributed by atoms with Crippen molar-refractivity contribution in [1.29, 1.82) is 0 Å². The summed E-state index contributed by atoms with van der Waals surface area (Å²) in [4.78, 5) is 0. The molecule has 0 heterocycles. The van der Waals surface area contributed by atoms with Gasteiger partial charge in [0.25, 0.3) is 0 Å². The summed E-state index contributed by atoms with van der Waals surface area (Å²) in [5, 5.41) is 0. The van der Waals surface area contributed by atoms with Gasteiger partial charge in [0.05, 0.1) is 52.4 Å². The van der Waals surface area contributed by atoms with Gasteiger partial charge in [0.1, 0.15) is 0 Å². The number of fused-ring (bicyclic) bond motifs is 3. The predicted octanol–water partition coefficient (Wildman–Crippen LogP) is 10.6. The second-order valence-corrected chi connectivity index (χ2v) is 15.9. The highest BCUT2D eigenvalue weighted by Crippen LogP contribution is 2.63. The molecule has 0 aromatic heterocycles. The van der Waals surface area contributed by atoms with Crippen molar-refractivity contribution in [2.75, 3.05) is 58.3 Å². The summed E-state index contributed by atoms with van der Waals surface area (Å²) in [6.07, 6.45) is 21.3. The molecular weight excluding hydrogens is 564 g/mol. The highest BCUT2D eigenvalue weighted by Gasteiger charge is 2.54. The molecule has 3 aliphatic rings. The van der Waals surface area contributed by atoms with E-state index in [1.165, 1.54) is 70.6 Å². The summed E-state index contributed by atoms with van der Waals surface area (Å²) in [5.41, 5.74) is 2.62. The van der Waals surface area contributed by atoms with E-state index in [4.69, 9.17) is 18.9 Å². The molecule has 2 fully saturated rings. The average molecular weight is 639 g/mol.